The number of ether oxygens (including phenoxy) is 3. The average Bonchev–Trinajstić information content (AvgIpc) is 2.47. The molecule has 1 aromatic heterocycles. The number of hydrogen-bond donors (Lipinski definition) is 1. The predicted octanol–water partition coefficient (Wildman–Crippen LogP) is -0.0816. The minimum Gasteiger partial charge on any atom is -0.481 e. The maximum Gasteiger partial charge on any atom is 0.232 e. The van der Waals surface area contributed by atoms with Crippen molar-refractivity contribution in [3.63, 3.8) is 0 Å². The maximum absolute atomic E-state index is 5.50. The molecule has 0 aliphatic carbocycles. The summed E-state index contributed by atoms with van der Waals surface area (Å²) in [6.07, 6.45) is 0. The van der Waals surface area contributed by atoms with Crippen LogP contribution in [0.25, 0.3) is 0 Å². The lowest BCUT2D eigenvalue weighted by atomic mass is 10.2. The molecule has 0 aromatic carbocycles. The fourth-order valence-corrected chi connectivity index (χ4v) is 2.05. The highest BCUT2D eigenvalue weighted by Gasteiger charge is 2.25. The van der Waals surface area contributed by atoms with Gasteiger partial charge >= 0.3 is 0 Å². The first-order valence-corrected chi connectivity index (χ1v) is 6.24. The first-order chi connectivity index (χ1) is 9.28. The summed E-state index contributed by atoms with van der Waals surface area (Å²) in [4.78, 5) is 10.9. The molecule has 1 fully saturated rings. The van der Waals surface area contributed by atoms with E-state index < -0.39 is 0 Å². The third-order valence-electron chi connectivity index (χ3n) is 3.01. The monoisotopic (exact) mass is 268 g/mol. The van der Waals surface area contributed by atoms with Crippen molar-refractivity contribution in [1.29, 1.82) is 0 Å². The molecule has 2 rings (SSSR count). The lowest BCUT2D eigenvalue weighted by Crippen LogP contribution is -2.50. The van der Waals surface area contributed by atoms with Gasteiger partial charge < -0.3 is 24.4 Å². The van der Waals surface area contributed by atoms with Crippen LogP contribution < -0.4 is 19.7 Å². The largest absolute Gasteiger partial charge is 0.481 e. The quantitative estimate of drug-likeness (QED) is 0.801. The van der Waals surface area contributed by atoms with Gasteiger partial charge in [-0.3, -0.25) is 0 Å². The molecule has 1 aliphatic heterocycles. The second-order valence-electron chi connectivity index (χ2n) is 4.23. The lowest BCUT2D eigenvalue weighted by Gasteiger charge is -2.35. The van der Waals surface area contributed by atoms with Gasteiger partial charge in [0.2, 0.25) is 17.7 Å². The number of morpholine rings is 1. The van der Waals surface area contributed by atoms with Crippen LogP contribution in [0, 0.1) is 0 Å². The van der Waals surface area contributed by atoms with Gasteiger partial charge in [-0.15, -0.1) is 0 Å². The summed E-state index contributed by atoms with van der Waals surface area (Å²) >= 11 is 0. The number of likely N-dealkylation sites (N-methyl/N-ethyl adjacent to an activating group) is 1. The van der Waals surface area contributed by atoms with Crippen molar-refractivity contribution >= 4 is 5.95 Å². The van der Waals surface area contributed by atoms with Crippen molar-refractivity contribution in [3.05, 3.63) is 6.07 Å². The Kier molecular flexibility index (Phi) is 4.75. The van der Waals surface area contributed by atoms with E-state index >= 15 is 0 Å². The zero-order valence-corrected chi connectivity index (χ0v) is 11.5. The topological polar surface area (TPSA) is 68.7 Å². The molecule has 2 heterocycles. The normalized spacial score (nSPS) is 19.3. The highest BCUT2D eigenvalue weighted by molar-refractivity contribution is 5.38. The Morgan fingerprint density at radius 1 is 1.37 bits per heavy atom. The molecular formula is C12H20N4O3. The minimum atomic E-state index is 0.204. The Morgan fingerprint density at radius 2 is 2.05 bits per heavy atom. The van der Waals surface area contributed by atoms with Gasteiger partial charge in [0.15, 0.2) is 0 Å². The molecule has 106 valence electrons. The first kappa shape index (κ1) is 13.8. The van der Waals surface area contributed by atoms with Gasteiger partial charge in [-0.25, -0.2) is 0 Å². The SMILES string of the molecule is CNCC1COCCN1c1nc(OC)cc(OC)n1. The molecular weight excluding hydrogens is 248 g/mol. The van der Waals surface area contributed by atoms with Crippen molar-refractivity contribution in [1.82, 2.24) is 15.3 Å². The summed E-state index contributed by atoms with van der Waals surface area (Å²) in [6, 6.07) is 1.87. The second kappa shape index (κ2) is 6.53. The van der Waals surface area contributed by atoms with Gasteiger partial charge in [0.05, 0.1) is 39.5 Å². The number of rotatable bonds is 5. The van der Waals surface area contributed by atoms with E-state index in [0.29, 0.717) is 30.9 Å². The Hall–Kier alpha value is -1.60. The highest BCUT2D eigenvalue weighted by Crippen LogP contribution is 2.22. The van der Waals surface area contributed by atoms with E-state index in [2.05, 4.69) is 20.2 Å². The number of nitrogens with zero attached hydrogens (tertiary/aromatic N) is 3. The Bertz CT molecular complexity index is 392. The van der Waals surface area contributed by atoms with E-state index in [-0.39, 0.29) is 6.04 Å². The molecule has 19 heavy (non-hydrogen) atoms. The maximum atomic E-state index is 5.50. The summed E-state index contributed by atoms with van der Waals surface area (Å²) in [5.41, 5.74) is 0. The van der Waals surface area contributed by atoms with Crippen molar-refractivity contribution in [3.8, 4) is 11.8 Å². The Balaban J connectivity index is 2.26. The second-order valence-corrected chi connectivity index (χ2v) is 4.23. The van der Waals surface area contributed by atoms with E-state index in [9.17, 15) is 0 Å². The van der Waals surface area contributed by atoms with E-state index in [1.165, 1.54) is 0 Å². The number of anilines is 1. The van der Waals surface area contributed by atoms with Crippen LogP contribution in [0.15, 0.2) is 6.07 Å². The van der Waals surface area contributed by atoms with Gasteiger partial charge in [-0.2, -0.15) is 9.97 Å². The predicted molar refractivity (Wildman–Crippen MR) is 71.0 cm³/mol. The van der Waals surface area contributed by atoms with Crippen LogP contribution in [0.3, 0.4) is 0 Å². The van der Waals surface area contributed by atoms with Crippen LogP contribution in [0.1, 0.15) is 0 Å². The van der Waals surface area contributed by atoms with Crippen LogP contribution in [-0.4, -0.2) is 63.6 Å². The molecule has 1 unspecified atom stereocenters. The van der Waals surface area contributed by atoms with Gasteiger partial charge in [-0.05, 0) is 7.05 Å². The lowest BCUT2D eigenvalue weighted by molar-refractivity contribution is 0.0933. The van der Waals surface area contributed by atoms with E-state index in [0.717, 1.165) is 13.1 Å². The average molecular weight is 268 g/mol. The van der Waals surface area contributed by atoms with Gasteiger partial charge in [0, 0.05) is 13.1 Å². The van der Waals surface area contributed by atoms with Gasteiger partial charge in [0.1, 0.15) is 0 Å². The van der Waals surface area contributed by atoms with Crippen LogP contribution in [0.5, 0.6) is 11.8 Å². The van der Waals surface area contributed by atoms with E-state index in [4.69, 9.17) is 14.2 Å². The number of nitrogens with one attached hydrogen (secondary N) is 1. The number of methoxy groups -OCH3 is 2. The summed E-state index contributed by atoms with van der Waals surface area (Å²) in [5.74, 6) is 1.60. The molecule has 7 heteroatoms. The van der Waals surface area contributed by atoms with E-state index in [1.54, 1.807) is 20.3 Å². The smallest absolute Gasteiger partial charge is 0.232 e. The molecule has 0 amide bonds. The van der Waals surface area contributed by atoms with Crippen LogP contribution in [0.2, 0.25) is 0 Å². The van der Waals surface area contributed by atoms with Crippen molar-refractivity contribution in [2.24, 2.45) is 0 Å². The first-order valence-electron chi connectivity index (χ1n) is 6.24. The molecule has 1 N–H and O–H groups in total. The molecule has 0 saturated carbocycles. The zero-order valence-electron chi connectivity index (χ0n) is 11.5. The molecule has 0 spiro atoms. The third kappa shape index (κ3) is 3.24. The zero-order chi connectivity index (χ0) is 13.7. The molecule has 0 bridgehead atoms. The van der Waals surface area contributed by atoms with Crippen molar-refractivity contribution < 1.29 is 14.2 Å². The molecule has 7 nitrogen and oxygen atoms in total. The number of hydrogen-bond acceptors (Lipinski definition) is 7. The Labute approximate surface area is 112 Å². The molecule has 1 saturated heterocycles. The summed E-state index contributed by atoms with van der Waals surface area (Å²) < 4.78 is 15.9. The fraction of sp³-hybridized carbons (Fsp3) is 0.667. The summed E-state index contributed by atoms with van der Waals surface area (Å²) in [6.45, 7) is 2.89. The van der Waals surface area contributed by atoms with Gasteiger partial charge in [0.25, 0.3) is 0 Å². The van der Waals surface area contributed by atoms with Crippen LogP contribution in [0.4, 0.5) is 5.95 Å². The molecule has 1 aromatic rings. The van der Waals surface area contributed by atoms with Crippen molar-refractivity contribution in [2.75, 3.05) is 52.5 Å². The summed E-state index contributed by atoms with van der Waals surface area (Å²) in [5, 5.41) is 3.15. The minimum absolute atomic E-state index is 0.204. The van der Waals surface area contributed by atoms with E-state index in [1.807, 2.05) is 7.05 Å². The van der Waals surface area contributed by atoms with Crippen LogP contribution >= 0.6 is 0 Å². The molecule has 0 radical (unpaired) electrons. The standard InChI is InChI=1S/C12H20N4O3/c1-13-7-9-8-19-5-4-16(9)12-14-10(17-2)6-11(15-12)18-3/h6,9,13H,4-5,7-8H2,1-3H3. The van der Waals surface area contributed by atoms with Gasteiger partial charge in [-0.1, -0.05) is 0 Å². The number of aromatic nitrogens is 2. The third-order valence-corrected chi connectivity index (χ3v) is 3.01. The molecule has 1 atom stereocenters. The fourth-order valence-electron chi connectivity index (χ4n) is 2.05. The summed E-state index contributed by atoms with van der Waals surface area (Å²) in [7, 11) is 5.08. The van der Waals surface area contributed by atoms with Crippen LogP contribution in [-0.2, 0) is 4.74 Å². The highest BCUT2D eigenvalue weighted by atomic mass is 16.5. The van der Waals surface area contributed by atoms with Crippen molar-refractivity contribution in [2.45, 2.75) is 6.04 Å². The Morgan fingerprint density at radius 3 is 2.63 bits per heavy atom. The molecule has 1 aliphatic rings.